The Morgan fingerprint density at radius 2 is 2.47 bits per heavy atom. The smallest absolute Gasteiger partial charge is 0.141 e. The van der Waals surface area contributed by atoms with Gasteiger partial charge in [-0.15, -0.1) is 0 Å². The van der Waals surface area contributed by atoms with Gasteiger partial charge in [0.1, 0.15) is 5.82 Å². The van der Waals surface area contributed by atoms with Gasteiger partial charge in [0, 0.05) is 6.61 Å². The first-order chi connectivity index (χ1) is 7.18. The van der Waals surface area contributed by atoms with Gasteiger partial charge < -0.3 is 15.8 Å². The van der Waals surface area contributed by atoms with Crippen molar-refractivity contribution in [3.63, 3.8) is 0 Å². The van der Waals surface area contributed by atoms with Crippen molar-refractivity contribution in [1.29, 1.82) is 0 Å². The molecule has 82 valence electrons. The summed E-state index contributed by atoms with van der Waals surface area (Å²) in [6, 6.07) is 0.358. The van der Waals surface area contributed by atoms with Gasteiger partial charge in [-0.25, -0.2) is 4.98 Å². The molecule has 0 bridgehead atoms. The van der Waals surface area contributed by atoms with Crippen molar-refractivity contribution in [3.05, 3.63) is 16.2 Å². The molecule has 1 atom stereocenters. The molecule has 2 rings (SSSR count). The molecule has 1 aliphatic heterocycles. The number of anilines is 2. The van der Waals surface area contributed by atoms with Gasteiger partial charge in [0.2, 0.25) is 0 Å². The van der Waals surface area contributed by atoms with Crippen LogP contribution in [0.3, 0.4) is 0 Å². The topological polar surface area (TPSA) is 60.2 Å². The summed E-state index contributed by atoms with van der Waals surface area (Å²) in [5.41, 5.74) is 7.48. The average molecular weight is 272 g/mol. The molecule has 1 aliphatic rings. The van der Waals surface area contributed by atoms with E-state index in [0.29, 0.717) is 11.7 Å². The molecule has 0 amide bonds. The number of hydrogen-bond acceptors (Lipinski definition) is 4. The number of nitrogens with zero attached hydrogens (tertiary/aromatic N) is 1. The van der Waals surface area contributed by atoms with Gasteiger partial charge in [-0.2, -0.15) is 0 Å². The quantitative estimate of drug-likeness (QED) is 0.863. The summed E-state index contributed by atoms with van der Waals surface area (Å²) >= 11 is 3.49. The third kappa shape index (κ3) is 2.23. The Kier molecular flexibility index (Phi) is 3.11. The number of aromatic nitrogens is 1. The van der Waals surface area contributed by atoms with E-state index in [-0.39, 0.29) is 0 Å². The first-order valence-electron chi connectivity index (χ1n) is 4.93. The second kappa shape index (κ2) is 4.37. The Labute approximate surface area is 97.3 Å². The predicted molar refractivity (Wildman–Crippen MR) is 63.9 cm³/mol. The normalized spacial score (nSPS) is 20.5. The molecule has 2 heterocycles. The van der Waals surface area contributed by atoms with Crippen molar-refractivity contribution in [2.45, 2.75) is 19.4 Å². The molecular weight excluding hydrogens is 258 g/mol. The van der Waals surface area contributed by atoms with Gasteiger partial charge in [0.15, 0.2) is 0 Å². The zero-order valence-corrected chi connectivity index (χ0v) is 10.2. The zero-order chi connectivity index (χ0) is 10.8. The maximum absolute atomic E-state index is 5.75. The van der Waals surface area contributed by atoms with Crippen LogP contribution in [0.25, 0.3) is 0 Å². The highest BCUT2D eigenvalue weighted by Crippen LogP contribution is 2.28. The lowest BCUT2D eigenvalue weighted by Gasteiger charge is -2.14. The van der Waals surface area contributed by atoms with Gasteiger partial charge in [-0.1, -0.05) is 0 Å². The summed E-state index contributed by atoms with van der Waals surface area (Å²) in [5.74, 6) is 0.845. The van der Waals surface area contributed by atoms with Crippen molar-refractivity contribution in [1.82, 2.24) is 4.98 Å². The van der Waals surface area contributed by atoms with Gasteiger partial charge in [0.25, 0.3) is 0 Å². The Balaban J connectivity index is 2.17. The Bertz CT molecular complexity index is 364. The van der Waals surface area contributed by atoms with Gasteiger partial charge in [-0.05, 0) is 34.8 Å². The fourth-order valence-corrected chi connectivity index (χ4v) is 1.98. The summed E-state index contributed by atoms with van der Waals surface area (Å²) < 4.78 is 6.23. The molecule has 5 heteroatoms. The minimum absolute atomic E-state index is 0.358. The van der Waals surface area contributed by atoms with E-state index in [1.165, 1.54) is 0 Å². The Hall–Kier alpha value is -0.810. The zero-order valence-electron chi connectivity index (χ0n) is 8.59. The number of pyridine rings is 1. The maximum atomic E-state index is 5.75. The van der Waals surface area contributed by atoms with E-state index in [2.05, 4.69) is 26.2 Å². The van der Waals surface area contributed by atoms with Crippen molar-refractivity contribution < 1.29 is 4.74 Å². The molecule has 1 fully saturated rings. The largest absolute Gasteiger partial charge is 0.397 e. The van der Waals surface area contributed by atoms with Crippen molar-refractivity contribution in [3.8, 4) is 0 Å². The SMILES string of the molecule is Cc1c(N)cnc(NC2CCOC2)c1Br. The van der Waals surface area contributed by atoms with Crippen LogP contribution in [-0.4, -0.2) is 24.2 Å². The summed E-state index contributed by atoms with van der Waals surface area (Å²) in [7, 11) is 0. The predicted octanol–water partition coefficient (Wildman–Crippen LogP) is 1.94. The minimum Gasteiger partial charge on any atom is -0.397 e. The molecule has 1 aromatic rings. The van der Waals surface area contributed by atoms with Crippen LogP contribution < -0.4 is 11.1 Å². The van der Waals surface area contributed by atoms with Crippen LogP contribution in [0.1, 0.15) is 12.0 Å². The molecule has 3 N–H and O–H groups in total. The lowest BCUT2D eigenvalue weighted by molar-refractivity contribution is 0.195. The van der Waals surface area contributed by atoms with E-state index >= 15 is 0 Å². The molecule has 0 spiro atoms. The van der Waals surface area contributed by atoms with E-state index in [1.807, 2.05) is 6.92 Å². The fraction of sp³-hybridized carbons (Fsp3) is 0.500. The van der Waals surface area contributed by atoms with Gasteiger partial charge >= 0.3 is 0 Å². The third-order valence-corrected chi connectivity index (χ3v) is 3.54. The standard InChI is InChI=1S/C10H14BrN3O/c1-6-8(12)4-13-10(9(6)11)14-7-2-3-15-5-7/h4,7H,2-3,5,12H2,1H3,(H,13,14). The summed E-state index contributed by atoms with van der Waals surface area (Å²) in [4.78, 5) is 4.26. The first kappa shape index (κ1) is 10.7. The minimum atomic E-state index is 0.358. The number of nitrogens with two attached hydrogens (primary N) is 1. The fourth-order valence-electron chi connectivity index (χ4n) is 1.53. The Morgan fingerprint density at radius 1 is 1.67 bits per heavy atom. The van der Waals surface area contributed by atoms with E-state index in [4.69, 9.17) is 10.5 Å². The van der Waals surface area contributed by atoms with Crippen LogP contribution in [0.2, 0.25) is 0 Å². The monoisotopic (exact) mass is 271 g/mol. The molecule has 4 nitrogen and oxygen atoms in total. The van der Waals surface area contributed by atoms with Crippen LogP contribution in [-0.2, 0) is 4.74 Å². The van der Waals surface area contributed by atoms with Crippen LogP contribution in [0, 0.1) is 6.92 Å². The lowest BCUT2D eigenvalue weighted by Crippen LogP contribution is -2.20. The maximum Gasteiger partial charge on any atom is 0.141 e. The number of rotatable bonds is 2. The average Bonchev–Trinajstić information content (AvgIpc) is 2.72. The van der Waals surface area contributed by atoms with Gasteiger partial charge in [0.05, 0.1) is 29.0 Å². The van der Waals surface area contributed by atoms with Crippen molar-refractivity contribution in [2.75, 3.05) is 24.3 Å². The van der Waals surface area contributed by atoms with E-state index in [0.717, 1.165) is 35.5 Å². The molecule has 0 aromatic carbocycles. The van der Waals surface area contributed by atoms with Crippen LogP contribution in [0.15, 0.2) is 10.7 Å². The van der Waals surface area contributed by atoms with Crippen molar-refractivity contribution >= 4 is 27.4 Å². The lowest BCUT2D eigenvalue weighted by atomic mass is 10.2. The van der Waals surface area contributed by atoms with E-state index in [9.17, 15) is 0 Å². The van der Waals surface area contributed by atoms with Crippen LogP contribution >= 0.6 is 15.9 Å². The van der Waals surface area contributed by atoms with E-state index in [1.54, 1.807) is 6.20 Å². The van der Waals surface area contributed by atoms with Crippen molar-refractivity contribution in [2.24, 2.45) is 0 Å². The molecule has 15 heavy (non-hydrogen) atoms. The number of nitrogen functional groups attached to an aromatic ring is 1. The summed E-state index contributed by atoms with van der Waals surface area (Å²) in [6.45, 7) is 3.54. The molecule has 0 saturated carbocycles. The summed E-state index contributed by atoms with van der Waals surface area (Å²) in [5, 5.41) is 3.34. The van der Waals surface area contributed by atoms with Gasteiger partial charge in [-0.3, -0.25) is 0 Å². The molecular formula is C10H14BrN3O. The number of halogens is 1. The molecule has 1 saturated heterocycles. The second-order valence-electron chi connectivity index (χ2n) is 3.71. The van der Waals surface area contributed by atoms with Crippen LogP contribution in [0.5, 0.6) is 0 Å². The number of ether oxygens (including phenoxy) is 1. The molecule has 1 aromatic heterocycles. The molecule has 0 aliphatic carbocycles. The molecule has 1 unspecified atom stereocenters. The highest BCUT2D eigenvalue weighted by Gasteiger charge is 2.17. The van der Waals surface area contributed by atoms with E-state index < -0.39 is 0 Å². The first-order valence-corrected chi connectivity index (χ1v) is 5.72. The summed E-state index contributed by atoms with van der Waals surface area (Å²) in [6.07, 6.45) is 2.70. The highest BCUT2D eigenvalue weighted by molar-refractivity contribution is 9.10. The second-order valence-corrected chi connectivity index (χ2v) is 4.50. The van der Waals surface area contributed by atoms with Crippen LogP contribution in [0.4, 0.5) is 11.5 Å². The number of nitrogens with one attached hydrogen (secondary N) is 1. The third-order valence-electron chi connectivity index (χ3n) is 2.57. The Morgan fingerprint density at radius 3 is 3.13 bits per heavy atom. The molecule has 0 radical (unpaired) electrons. The number of hydrogen-bond donors (Lipinski definition) is 2. The highest BCUT2D eigenvalue weighted by atomic mass is 79.9.